The number of rotatable bonds is 1. The molecule has 0 amide bonds. The minimum Gasteiger partial charge on any atom is -0.328 e. The number of carbonyl (C=O) groups is 1. The van der Waals surface area contributed by atoms with Crippen LogP contribution in [0, 0.1) is 5.92 Å². The molecule has 5 heteroatoms. The molecule has 1 spiro atoms. The van der Waals surface area contributed by atoms with Gasteiger partial charge in [-0.1, -0.05) is 55.7 Å². The van der Waals surface area contributed by atoms with Gasteiger partial charge in [-0.15, -0.1) is 0 Å². The molecule has 0 saturated heterocycles. The largest absolute Gasteiger partial charge is 0.328 e. The summed E-state index contributed by atoms with van der Waals surface area (Å²) < 4.78 is 2.01. The number of allylic oxidation sites excluding steroid dienone is 2. The molecule has 1 aromatic carbocycles. The van der Waals surface area contributed by atoms with Crippen molar-refractivity contribution in [2.45, 2.75) is 50.0 Å². The first-order valence-electron chi connectivity index (χ1n) is 9.25. The zero-order valence-corrected chi connectivity index (χ0v) is 14.2. The number of hydrogen-bond acceptors (Lipinski definition) is 4. The highest BCUT2D eigenvalue weighted by Crippen LogP contribution is 2.51. The monoisotopic (exact) mass is 334 g/mol. The fraction of sp³-hybridized carbons (Fsp3) is 0.450. The van der Waals surface area contributed by atoms with Crippen LogP contribution in [-0.4, -0.2) is 20.5 Å². The summed E-state index contributed by atoms with van der Waals surface area (Å²) in [4.78, 5) is 17.7. The number of ketones is 1. The van der Waals surface area contributed by atoms with Crippen LogP contribution < -0.4 is 5.32 Å². The van der Waals surface area contributed by atoms with Crippen molar-refractivity contribution in [3.05, 3.63) is 54.0 Å². The predicted molar refractivity (Wildman–Crippen MR) is 95.1 cm³/mol. The molecular formula is C20H22N4O. The summed E-state index contributed by atoms with van der Waals surface area (Å²) in [6, 6.07) is 10.3. The number of hydrogen-bond donors (Lipinski definition) is 1. The molecule has 5 nitrogen and oxygen atoms in total. The van der Waals surface area contributed by atoms with E-state index in [1.54, 1.807) is 6.33 Å². The zero-order chi connectivity index (χ0) is 16.9. The molecule has 25 heavy (non-hydrogen) atoms. The van der Waals surface area contributed by atoms with E-state index in [2.05, 4.69) is 33.6 Å². The van der Waals surface area contributed by atoms with Gasteiger partial charge >= 0.3 is 0 Å². The van der Waals surface area contributed by atoms with Gasteiger partial charge in [-0.05, 0) is 18.4 Å². The van der Waals surface area contributed by atoms with E-state index in [9.17, 15) is 4.79 Å². The van der Waals surface area contributed by atoms with E-state index in [1.165, 1.54) is 12.0 Å². The van der Waals surface area contributed by atoms with Gasteiger partial charge in [-0.25, -0.2) is 4.68 Å². The second-order valence-corrected chi connectivity index (χ2v) is 7.53. The standard InChI is InChI=1S/C20H22N4O/c25-17-12-15(14-7-3-1-4-8-14)11-16-18(17)20(9-5-2-6-10-20)24-19(23-16)21-13-22-24/h1,3-4,7-8,11,13,15,18H,2,5-6,9-10,12H2,(H,21,22,23)/t15-,18+/m1/s1. The highest BCUT2D eigenvalue weighted by Gasteiger charge is 2.53. The Hall–Kier alpha value is -2.43. The van der Waals surface area contributed by atoms with Crippen molar-refractivity contribution in [2.24, 2.45) is 5.92 Å². The third-order valence-electron chi connectivity index (χ3n) is 6.14. The number of benzene rings is 1. The van der Waals surface area contributed by atoms with E-state index in [0.29, 0.717) is 12.2 Å². The predicted octanol–water partition coefficient (Wildman–Crippen LogP) is 3.62. The summed E-state index contributed by atoms with van der Waals surface area (Å²) in [5, 5.41) is 7.91. The van der Waals surface area contributed by atoms with Crippen LogP contribution in [0.3, 0.4) is 0 Å². The lowest BCUT2D eigenvalue weighted by Crippen LogP contribution is -2.53. The summed E-state index contributed by atoms with van der Waals surface area (Å²) in [6.45, 7) is 0. The number of anilines is 1. The van der Waals surface area contributed by atoms with Gasteiger partial charge in [0.15, 0.2) is 0 Å². The van der Waals surface area contributed by atoms with Crippen molar-refractivity contribution in [3.63, 3.8) is 0 Å². The van der Waals surface area contributed by atoms with Gasteiger partial charge in [0, 0.05) is 18.0 Å². The molecule has 0 bridgehead atoms. The molecule has 1 saturated carbocycles. The molecule has 128 valence electrons. The van der Waals surface area contributed by atoms with Gasteiger partial charge in [0.05, 0.1) is 11.5 Å². The molecule has 1 aromatic heterocycles. The molecule has 3 aliphatic rings. The number of carbonyl (C=O) groups excluding carboxylic acids is 1. The topological polar surface area (TPSA) is 59.8 Å². The maximum Gasteiger partial charge on any atom is 0.225 e. The highest BCUT2D eigenvalue weighted by molar-refractivity contribution is 5.89. The minimum absolute atomic E-state index is 0.109. The van der Waals surface area contributed by atoms with Crippen molar-refractivity contribution in [3.8, 4) is 0 Å². The lowest BCUT2D eigenvalue weighted by Gasteiger charge is -2.48. The summed E-state index contributed by atoms with van der Waals surface area (Å²) in [6.07, 6.45) is 10.0. The molecule has 2 aliphatic carbocycles. The van der Waals surface area contributed by atoms with Crippen LogP contribution in [0.4, 0.5) is 5.95 Å². The lowest BCUT2D eigenvalue weighted by atomic mass is 9.65. The summed E-state index contributed by atoms with van der Waals surface area (Å²) in [5.41, 5.74) is 2.01. The van der Waals surface area contributed by atoms with Gasteiger partial charge in [0.2, 0.25) is 5.95 Å². The molecule has 2 atom stereocenters. The van der Waals surface area contributed by atoms with E-state index in [1.807, 2.05) is 22.9 Å². The maximum atomic E-state index is 13.3. The Balaban J connectivity index is 1.62. The first-order chi connectivity index (χ1) is 12.3. The van der Waals surface area contributed by atoms with Gasteiger partial charge in [0.25, 0.3) is 0 Å². The maximum absolute atomic E-state index is 13.3. The summed E-state index contributed by atoms with van der Waals surface area (Å²) in [7, 11) is 0. The average Bonchev–Trinajstić information content (AvgIpc) is 3.12. The first kappa shape index (κ1) is 14.9. The van der Waals surface area contributed by atoms with E-state index in [4.69, 9.17) is 0 Å². The van der Waals surface area contributed by atoms with Crippen molar-refractivity contribution >= 4 is 11.7 Å². The third kappa shape index (κ3) is 2.18. The smallest absolute Gasteiger partial charge is 0.225 e. The summed E-state index contributed by atoms with van der Waals surface area (Å²) >= 11 is 0. The van der Waals surface area contributed by atoms with E-state index in [-0.39, 0.29) is 17.4 Å². The number of nitrogens with one attached hydrogen (secondary N) is 1. The zero-order valence-electron chi connectivity index (χ0n) is 14.2. The minimum atomic E-state index is -0.222. The van der Waals surface area contributed by atoms with Crippen LogP contribution in [-0.2, 0) is 10.3 Å². The molecule has 2 aromatic rings. The number of fused-ring (bicyclic) bond motifs is 4. The third-order valence-corrected chi connectivity index (χ3v) is 6.14. The normalized spacial score (nSPS) is 27.2. The Kier molecular flexibility index (Phi) is 3.30. The SMILES string of the molecule is O=C1C[C@H](c2ccccc2)C=C2Nc3ncnn3C3(CCCCC3)[C@H]12. The number of aromatic nitrogens is 3. The second-order valence-electron chi connectivity index (χ2n) is 7.53. The molecule has 1 fully saturated rings. The quantitative estimate of drug-likeness (QED) is 0.865. The van der Waals surface area contributed by atoms with Gasteiger partial charge < -0.3 is 5.32 Å². The Labute approximate surface area is 147 Å². The first-order valence-corrected chi connectivity index (χ1v) is 9.25. The summed E-state index contributed by atoms with van der Waals surface area (Å²) in [5.74, 6) is 1.15. The molecule has 0 unspecified atom stereocenters. The van der Waals surface area contributed by atoms with Crippen LogP contribution in [0.25, 0.3) is 0 Å². The van der Waals surface area contributed by atoms with E-state index in [0.717, 1.165) is 37.3 Å². The Morgan fingerprint density at radius 1 is 1.12 bits per heavy atom. The highest BCUT2D eigenvalue weighted by atomic mass is 16.1. The van der Waals surface area contributed by atoms with Crippen LogP contribution in [0.5, 0.6) is 0 Å². The lowest BCUT2D eigenvalue weighted by molar-refractivity contribution is -0.127. The molecule has 1 aliphatic heterocycles. The molecule has 0 radical (unpaired) electrons. The van der Waals surface area contributed by atoms with Crippen LogP contribution in [0.15, 0.2) is 48.4 Å². The van der Waals surface area contributed by atoms with Crippen molar-refractivity contribution in [1.82, 2.24) is 14.8 Å². The fourth-order valence-electron chi connectivity index (χ4n) is 5.07. The van der Waals surface area contributed by atoms with Crippen molar-refractivity contribution < 1.29 is 4.79 Å². The average molecular weight is 334 g/mol. The molecule has 2 heterocycles. The van der Waals surface area contributed by atoms with Crippen molar-refractivity contribution in [2.75, 3.05) is 5.32 Å². The molecule has 1 N–H and O–H groups in total. The van der Waals surface area contributed by atoms with E-state index >= 15 is 0 Å². The Morgan fingerprint density at radius 2 is 1.92 bits per heavy atom. The van der Waals surface area contributed by atoms with Gasteiger partial charge in [-0.2, -0.15) is 10.1 Å². The second kappa shape index (κ2) is 5.55. The van der Waals surface area contributed by atoms with Gasteiger partial charge in [0.1, 0.15) is 12.1 Å². The fourth-order valence-corrected chi connectivity index (χ4v) is 5.07. The Bertz CT molecular complexity index is 832. The van der Waals surface area contributed by atoms with E-state index < -0.39 is 0 Å². The molecular weight excluding hydrogens is 312 g/mol. The number of Topliss-reactive ketones (excluding diaryl/α,β-unsaturated/α-hetero) is 1. The van der Waals surface area contributed by atoms with Crippen molar-refractivity contribution in [1.29, 1.82) is 0 Å². The van der Waals surface area contributed by atoms with Crippen LogP contribution >= 0.6 is 0 Å². The number of nitrogens with zero attached hydrogens (tertiary/aromatic N) is 3. The van der Waals surface area contributed by atoms with Crippen LogP contribution in [0.2, 0.25) is 0 Å². The molecule has 5 rings (SSSR count). The Morgan fingerprint density at radius 3 is 2.72 bits per heavy atom. The van der Waals surface area contributed by atoms with Gasteiger partial charge in [-0.3, -0.25) is 4.79 Å². The van der Waals surface area contributed by atoms with Crippen LogP contribution in [0.1, 0.15) is 50.0 Å².